The second-order valence-electron chi connectivity index (χ2n) is 8.25. The van der Waals surface area contributed by atoms with Crippen LogP contribution in [0.1, 0.15) is 78.6 Å². The van der Waals surface area contributed by atoms with Crippen molar-refractivity contribution in [3.8, 4) is 0 Å². The molecule has 0 aromatic rings. The minimum absolute atomic E-state index is 0.623. The standard InChI is InChI=1S/C19H32/c1-5-19-12-10-16-15(3)7-6-11-18(16,4)17(19)9-8-14(2)13-19/h15-17H,2,5-13H2,1,3-4H3/t15-,16?,17?,18+,19+/m0/s1. The highest BCUT2D eigenvalue weighted by Crippen LogP contribution is 2.66. The van der Waals surface area contributed by atoms with Gasteiger partial charge >= 0.3 is 0 Å². The lowest BCUT2D eigenvalue weighted by Crippen LogP contribution is -2.54. The van der Waals surface area contributed by atoms with Crippen molar-refractivity contribution in [2.75, 3.05) is 0 Å². The molecule has 0 bridgehead atoms. The maximum atomic E-state index is 4.34. The molecule has 3 aliphatic carbocycles. The van der Waals surface area contributed by atoms with Crippen LogP contribution in [-0.2, 0) is 0 Å². The lowest BCUT2D eigenvalue weighted by molar-refractivity contribution is -0.119. The quantitative estimate of drug-likeness (QED) is 0.509. The predicted octanol–water partition coefficient (Wildman–Crippen LogP) is 5.98. The fourth-order valence-corrected chi connectivity index (χ4v) is 6.54. The van der Waals surface area contributed by atoms with E-state index < -0.39 is 0 Å². The van der Waals surface area contributed by atoms with Crippen LogP contribution in [0.5, 0.6) is 0 Å². The van der Waals surface area contributed by atoms with Crippen molar-refractivity contribution in [1.29, 1.82) is 0 Å². The summed E-state index contributed by atoms with van der Waals surface area (Å²) in [5, 5.41) is 0. The highest BCUT2D eigenvalue weighted by molar-refractivity contribution is 5.14. The summed E-state index contributed by atoms with van der Waals surface area (Å²) in [5.74, 6) is 2.97. The molecule has 3 saturated carbocycles. The van der Waals surface area contributed by atoms with Crippen LogP contribution in [0.2, 0.25) is 0 Å². The Morgan fingerprint density at radius 1 is 1.21 bits per heavy atom. The van der Waals surface area contributed by atoms with E-state index in [0.29, 0.717) is 10.8 Å². The highest BCUT2D eigenvalue weighted by Gasteiger charge is 2.57. The lowest BCUT2D eigenvalue weighted by Gasteiger charge is -2.62. The van der Waals surface area contributed by atoms with E-state index in [4.69, 9.17) is 0 Å². The fraction of sp³-hybridized carbons (Fsp3) is 0.895. The van der Waals surface area contributed by atoms with E-state index in [1.807, 2.05) is 0 Å². The summed E-state index contributed by atoms with van der Waals surface area (Å²) in [6.45, 7) is 12.0. The van der Waals surface area contributed by atoms with Gasteiger partial charge in [0, 0.05) is 0 Å². The molecule has 0 aliphatic heterocycles. The summed E-state index contributed by atoms with van der Waals surface area (Å²) in [7, 11) is 0. The third-order valence-corrected chi connectivity index (χ3v) is 7.49. The molecule has 0 N–H and O–H groups in total. The molecule has 0 heteroatoms. The molecule has 0 radical (unpaired) electrons. The first kappa shape index (κ1) is 13.7. The molecule has 0 nitrogen and oxygen atoms in total. The van der Waals surface area contributed by atoms with E-state index in [2.05, 4.69) is 27.4 Å². The molecule has 3 aliphatic rings. The van der Waals surface area contributed by atoms with Crippen LogP contribution in [0, 0.1) is 28.6 Å². The van der Waals surface area contributed by atoms with Crippen molar-refractivity contribution in [2.24, 2.45) is 28.6 Å². The molecule has 108 valence electrons. The fourth-order valence-electron chi connectivity index (χ4n) is 6.54. The van der Waals surface area contributed by atoms with Gasteiger partial charge in [-0.1, -0.05) is 45.8 Å². The van der Waals surface area contributed by atoms with Crippen LogP contribution >= 0.6 is 0 Å². The van der Waals surface area contributed by atoms with E-state index in [9.17, 15) is 0 Å². The Labute approximate surface area is 120 Å². The molecule has 0 saturated heterocycles. The summed E-state index contributed by atoms with van der Waals surface area (Å²) in [5.41, 5.74) is 2.81. The summed E-state index contributed by atoms with van der Waals surface area (Å²) >= 11 is 0. The van der Waals surface area contributed by atoms with E-state index in [1.165, 1.54) is 57.8 Å². The van der Waals surface area contributed by atoms with Gasteiger partial charge in [-0.2, -0.15) is 0 Å². The number of fused-ring (bicyclic) bond motifs is 3. The molecule has 2 unspecified atom stereocenters. The lowest BCUT2D eigenvalue weighted by atomic mass is 9.42. The molecule has 5 atom stereocenters. The molecule has 0 amide bonds. The minimum atomic E-state index is 0.623. The zero-order valence-electron chi connectivity index (χ0n) is 13.3. The van der Waals surface area contributed by atoms with Crippen molar-refractivity contribution in [2.45, 2.75) is 78.6 Å². The molecule has 3 fully saturated rings. The first-order chi connectivity index (χ1) is 9.02. The van der Waals surface area contributed by atoms with Gasteiger partial charge in [0.2, 0.25) is 0 Å². The smallest absolute Gasteiger partial charge is 0.0229 e. The first-order valence-electron chi connectivity index (χ1n) is 8.68. The zero-order valence-corrected chi connectivity index (χ0v) is 13.3. The Bertz CT molecular complexity index is 368. The number of hydrogen-bond acceptors (Lipinski definition) is 0. The van der Waals surface area contributed by atoms with Crippen LogP contribution in [0.25, 0.3) is 0 Å². The number of rotatable bonds is 1. The van der Waals surface area contributed by atoms with Gasteiger partial charge in [0.05, 0.1) is 0 Å². The number of allylic oxidation sites excluding steroid dienone is 1. The van der Waals surface area contributed by atoms with Crippen molar-refractivity contribution >= 4 is 0 Å². The van der Waals surface area contributed by atoms with Gasteiger partial charge in [-0.05, 0) is 73.5 Å². The normalized spacial score (nSPS) is 50.5. The monoisotopic (exact) mass is 260 g/mol. The van der Waals surface area contributed by atoms with Gasteiger partial charge in [0.25, 0.3) is 0 Å². The van der Waals surface area contributed by atoms with Crippen molar-refractivity contribution < 1.29 is 0 Å². The van der Waals surface area contributed by atoms with Gasteiger partial charge in [-0.25, -0.2) is 0 Å². The van der Waals surface area contributed by atoms with Gasteiger partial charge in [0.15, 0.2) is 0 Å². The Morgan fingerprint density at radius 3 is 2.74 bits per heavy atom. The zero-order chi connectivity index (χ0) is 13.7. The summed E-state index contributed by atoms with van der Waals surface area (Å²) in [4.78, 5) is 0. The maximum absolute atomic E-state index is 4.34. The molecule has 0 heterocycles. The van der Waals surface area contributed by atoms with Crippen molar-refractivity contribution in [3.05, 3.63) is 12.2 Å². The van der Waals surface area contributed by atoms with Crippen LogP contribution in [0.15, 0.2) is 12.2 Å². The average Bonchev–Trinajstić information content (AvgIpc) is 2.38. The molecule has 19 heavy (non-hydrogen) atoms. The largest absolute Gasteiger partial charge is 0.0998 e. The Hall–Kier alpha value is -0.260. The van der Waals surface area contributed by atoms with Gasteiger partial charge in [0.1, 0.15) is 0 Å². The third kappa shape index (κ3) is 1.93. The van der Waals surface area contributed by atoms with E-state index in [1.54, 1.807) is 5.57 Å². The van der Waals surface area contributed by atoms with Crippen molar-refractivity contribution in [3.63, 3.8) is 0 Å². The van der Waals surface area contributed by atoms with Gasteiger partial charge in [-0.15, -0.1) is 0 Å². The van der Waals surface area contributed by atoms with Gasteiger partial charge < -0.3 is 0 Å². The van der Waals surface area contributed by atoms with E-state index in [0.717, 1.165) is 17.8 Å². The SMILES string of the molecule is C=C1CCC2[C@](CC)(CCC3[C@@H](C)CCC[C@]32C)C1. The Balaban J connectivity index is 1.96. The molecular formula is C19H32. The maximum Gasteiger partial charge on any atom is -0.0229 e. The average molecular weight is 260 g/mol. The summed E-state index contributed by atoms with van der Waals surface area (Å²) < 4.78 is 0. The second-order valence-corrected chi connectivity index (χ2v) is 8.25. The summed E-state index contributed by atoms with van der Waals surface area (Å²) in [6, 6.07) is 0. The van der Waals surface area contributed by atoms with Crippen LogP contribution in [0.4, 0.5) is 0 Å². The van der Waals surface area contributed by atoms with Gasteiger partial charge in [-0.3, -0.25) is 0 Å². The third-order valence-electron chi connectivity index (χ3n) is 7.49. The first-order valence-corrected chi connectivity index (χ1v) is 8.68. The molecule has 0 spiro atoms. The molecule has 0 aromatic heterocycles. The van der Waals surface area contributed by atoms with Crippen LogP contribution in [0.3, 0.4) is 0 Å². The second kappa shape index (κ2) is 4.64. The van der Waals surface area contributed by atoms with E-state index in [-0.39, 0.29) is 0 Å². The number of hydrogen-bond donors (Lipinski definition) is 0. The Morgan fingerprint density at radius 2 is 2.00 bits per heavy atom. The Kier molecular flexibility index (Phi) is 3.35. The topological polar surface area (TPSA) is 0 Å². The van der Waals surface area contributed by atoms with Crippen LogP contribution in [-0.4, -0.2) is 0 Å². The predicted molar refractivity (Wildman–Crippen MR) is 83.1 cm³/mol. The summed E-state index contributed by atoms with van der Waals surface area (Å²) in [6.07, 6.45) is 12.9. The van der Waals surface area contributed by atoms with E-state index >= 15 is 0 Å². The molecule has 0 aromatic carbocycles. The highest BCUT2D eigenvalue weighted by atomic mass is 14.6. The minimum Gasteiger partial charge on any atom is -0.0998 e. The van der Waals surface area contributed by atoms with Crippen LogP contribution < -0.4 is 0 Å². The van der Waals surface area contributed by atoms with Crippen molar-refractivity contribution in [1.82, 2.24) is 0 Å². The molecule has 3 rings (SSSR count). The molecular weight excluding hydrogens is 228 g/mol.